The molecule has 1 aromatic heterocycles. The van der Waals surface area contributed by atoms with Gasteiger partial charge in [-0.15, -0.1) is 0 Å². The molecule has 0 fully saturated rings. The molecule has 0 spiro atoms. The molecule has 0 radical (unpaired) electrons. The molecule has 0 atom stereocenters. The van der Waals surface area contributed by atoms with Crippen LogP contribution in [0, 0.1) is 17.1 Å². The lowest BCUT2D eigenvalue weighted by atomic mass is 10.1. The first-order valence-corrected chi connectivity index (χ1v) is 8.66. The fourth-order valence-corrected chi connectivity index (χ4v) is 2.50. The van der Waals surface area contributed by atoms with Crippen LogP contribution in [0.4, 0.5) is 10.2 Å². The Bertz CT molecular complexity index is 779. The van der Waals surface area contributed by atoms with E-state index in [9.17, 15) is 9.65 Å². The predicted molar refractivity (Wildman–Crippen MR) is 101 cm³/mol. The van der Waals surface area contributed by atoms with Gasteiger partial charge >= 0.3 is 0 Å². The molecule has 0 aliphatic carbocycles. The van der Waals surface area contributed by atoms with E-state index in [1.165, 1.54) is 16.8 Å². The molecule has 0 aliphatic rings. The average molecular weight is 357 g/mol. The summed E-state index contributed by atoms with van der Waals surface area (Å²) in [6.45, 7) is 6.21. The summed E-state index contributed by atoms with van der Waals surface area (Å²) < 4.78 is 14.6. The van der Waals surface area contributed by atoms with Crippen molar-refractivity contribution in [2.75, 3.05) is 25.4 Å². The van der Waals surface area contributed by atoms with Crippen LogP contribution in [0.3, 0.4) is 0 Å². The number of anilines is 1. The third kappa shape index (κ3) is 4.72. The van der Waals surface area contributed by atoms with Gasteiger partial charge in [0.05, 0.1) is 11.4 Å². The third-order valence-electron chi connectivity index (χ3n) is 3.71. The van der Waals surface area contributed by atoms with Gasteiger partial charge in [0.25, 0.3) is 0 Å². The fraction of sp³-hybridized carbons (Fsp3) is 0.389. The molecular formula is C18H24FN7. The zero-order valence-corrected chi connectivity index (χ0v) is 15.1. The van der Waals surface area contributed by atoms with E-state index in [4.69, 9.17) is 5.73 Å². The number of hydrogen-bond donors (Lipinski definition) is 3. The van der Waals surface area contributed by atoms with Gasteiger partial charge < -0.3 is 16.4 Å². The number of nitrogens with one attached hydrogen (secondary N) is 2. The fourth-order valence-electron chi connectivity index (χ4n) is 2.50. The van der Waals surface area contributed by atoms with Crippen LogP contribution in [-0.2, 0) is 6.42 Å². The standard InChI is InChI=1S/C18H24FN7/c1-3-22-18(23-4-2)24-11-5-6-16-15(12-20)17(21)26(25-16)14-9-7-13(19)8-10-14/h7-10H,3-6,11,21H2,1-2H3,(H2,22,23,24). The van der Waals surface area contributed by atoms with Crippen LogP contribution in [0.15, 0.2) is 29.3 Å². The number of hydrogen-bond acceptors (Lipinski definition) is 4. The van der Waals surface area contributed by atoms with Crippen molar-refractivity contribution in [2.45, 2.75) is 26.7 Å². The summed E-state index contributed by atoms with van der Waals surface area (Å²) in [4.78, 5) is 4.47. The zero-order chi connectivity index (χ0) is 18.9. The summed E-state index contributed by atoms with van der Waals surface area (Å²) in [6.07, 6.45) is 1.31. The lowest BCUT2D eigenvalue weighted by molar-refractivity contribution is 0.627. The smallest absolute Gasteiger partial charge is 0.191 e. The number of nitrogens with zero attached hydrogens (tertiary/aromatic N) is 4. The lowest BCUT2D eigenvalue weighted by Gasteiger charge is -2.08. The first-order chi connectivity index (χ1) is 12.6. The highest BCUT2D eigenvalue weighted by molar-refractivity contribution is 5.79. The second kappa shape index (κ2) is 9.42. The molecule has 1 aromatic carbocycles. The van der Waals surface area contributed by atoms with Crippen LogP contribution in [0.25, 0.3) is 5.69 Å². The van der Waals surface area contributed by atoms with Crippen LogP contribution in [0.1, 0.15) is 31.5 Å². The Balaban J connectivity index is 2.10. The summed E-state index contributed by atoms with van der Waals surface area (Å²) in [6, 6.07) is 7.93. The van der Waals surface area contributed by atoms with Crippen LogP contribution < -0.4 is 16.4 Å². The van der Waals surface area contributed by atoms with E-state index >= 15 is 0 Å². The summed E-state index contributed by atoms with van der Waals surface area (Å²) in [5.74, 6) is 0.695. The highest BCUT2D eigenvalue weighted by Gasteiger charge is 2.16. The Kier molecular flexibility index (Phi) is 6.97. The third-order valence-corrected chi connectivity index (χ3v) is 3.71. The molecule has 0 unspecified atom stereocenters. The molecule has 0 aliphatic heterocycles. The SMILES string of the molecule is CCNC(=NCCCc1nn(-c2ccc(F)cc2)c(N)c1C#N)NCC. The van der Waals surface area contributed by atoms with Crippen molar-refractivity contribution >= 4 is 11.8 Å². The van der Waals surface area contributed by atoms with Crippen LogP contribution in [0.2, 0.25) is 0 Å². The van der Waals surface area contributed by atoms with Crippen molar-refractivity contribution in [2.24, 2.45) is 4.99 Å². The molecule has 0 saturated carbocycles. The first-order valence-electron chi connectivity index (χ1n) is 8.66. The molecule has 1 heterocycles. The van der Waals surface area contributed by atoms with Crippen molar-refractivity contribution in [1.29, 1.82) is 5.26 Å². The molecule has 2 rings (SSSR count). The summed E-state index contributed by atoms with van der Waals surface area (Å²) in [5.41, 5.74) is 7.65. The van der Waals surface area contributed by atoms with Gasteiger partial charge in [0.2, 0.25) is 0 Å². The van der Waals surface area contributed by atoms with E-state index in [2.05, 4.69) is 26.8 Å². The summed E-state index contributed by atoms with van der Waals surface area (Å²) in [7, 11) is 0. The van der Waals surface area contributed by atoms with Gasteiger partial charge in [-0.25, -0.2) is 9.07 Å². The molecule has 7 nitrogen and oxygen atoms in total. The number of nitrogen functional groups attached to an aromatic ring is 1. The quantitative estimate of drug-likeness (QED) is 0.399. The number of rotatable bonds is 7. The number of nitrogens with two attached hydrogens (primary N) is 1. The Morgan fingerprint density at radius 2 is 1.92 bits per heavy atom. The summed E-state index contributed by atoms with van der Waals surface area (Å²) in [5, 5.41) is 20.2. The monoisotopic (exact) mass is 357 g/mol. The highest BCUT2D eigenvalue weighted by atomic mass is 19.1. The van der Waals surface area contributed by atoms with E-state index in [1.54, 1.807) is 12.1 Å². The number of halogens is 1. The van der Waals surface area contributed by atoms with Crippen molar-refractivity contribution in [1.82, 2.24) is 20.4 Å². The van der Waals surface area contributed by atoms with E-state index in [-0.39, 0.29) is 11.6 Å². The van der Waals surface area contributed by atoms with E-state index in [1.807, 2.05) is 13.8 Å². The topological polar surface area (TPSA) is 104 Å². The van der Waals surface area contributed by atoms with Crippen molar-refractivity contribution < 1.29 is 4.39 Å². The lowest BCUT2D eigenvalue weighted by Crippen LogP contribution is -2.37. The van der Waals surface area contributed by atoms with Crippen LogP contribution in [-0.4, -0.2) is 35.4 Å². The second-order valence-corrected chi connectivity index (χ2v) is 5.60. The summed E-state index contributed by atoms with van der Waals surface area (Å²) >= 11 is 0. The predicted octanol–water partition coefficient (Wildman–Crippen LogP) is 1.97. The van der Waals surface area contributed by atoms with Gasteiger partial charge in [0.1, 0.15) is 23.3 Å². The first kappa shape index (κ1) is 19.2. The average Bonchev–Trinajstić information content (AvgIpc) is 2.95. The molecule has 0 saturated heterocycles. The van der Waals surface area contributed by atoms with Crippen molar-refractivity contribution in [3.05, 3.63) is 41.3 Å². The molecule has 4 N–H and O–H groups in total. The molecule has 0 bridgehead atoms. The Hall–Kier alpha value is -3.08. The number of nitriles is 1. The molecule has 0 amide bonds. The second-order valence-electron chi connectivity index (χ2n) is 5.60. The maximum Gasteiger partial charge on any atom is 0.191 e. The minimum Gasteiger partial charge on any atom is -0.382 e. The Morgan fingerprint density at radius 3 is 2.50 bits per heavy atom. The number of aliphatic imine (C=N–C) groups is 1. The van der Waals surface area contributed by atoms with Gasteiger partial charge in [0.15, 0.2) is 5.96 Å². The van der Waals surface area contributed by atoms with E-state index < -0.39 is 0 Å². The van der Waals surface area contributed by atoms with Crippen molar-refractivity contribution in [3.63, 3.8) is 0 Å². The van der Waals surface area contributed by atoms with Gasteiger partial charge in [0, 0.05) is 19.6 Å². The minimum absolute atomic E-state index is 0.263. The Labute approximate surface area is 152 Å². The molecular weight excluding hydrogens is 333 g/mol. The molecule has 2 aromatic rings. The molecule has 26 heavy (non-hydrogen) atoms. The van der Waals surface area contributed by atoms with Gasteiger partial charge in [-0.05, 0) is 51.0 Å². The van der Waals surface area contributed by atoms with Crippen LogP contribution in [0.5, 0.6) is 0 Å². The van der Waals surface area contributed by atoms with Crippen LogP contribution >= 0.6 is 0 Å². The number of guanidine groups is 1. The Morgan fingerprint density at radius 1 is 1.27 bits per heavy atom. The maximum absolute atomic E-state index is 13.1. The van der Waals surface area contributed by atoms with E-state index in [0.717, 1.165) is 25.5 Å². The number of benzene rings is 1. The largest absolute Gasteiger partial charge is 0.382 e. The van der Waals surface area contributed by atoms with E-state index in [0.29, 0.717) is 29.9 Å². The van der Waals surface area contributed by atoms with Gasteiger partial charge in [-0.1, -0.05) is 0 Å². The minimum atomic E-state index is -0.338. The van der Waals surface area contributed by atoms with Gasteiger partial charge in [-0.2, -0.15) is 10.4 Å². The maximum atomic E-state index is 13.1. The normalized spacial score (nSPS) is 10.2. The van der Waals surface area contributed by atoms with Gasteiger partial charge in [-0.3, -0.25) is 4.99 Å². The zero-order valence-electron chi connectivity index (χ0n) is 15.1. The highest BCUT2D eigenvalue weighted by Crippen LogP contribution is 2.21. The number of aryl methyl sites for hydroxylation is 1. The molecule has 8 heteroatoms. The molecule has 138 valence electrons. The number of aromatic nitrogens is 2. The van der Waals surface area contributed by atoms with Crippen molar-refractivity contribution in [3.8, 4) is 11.8 Å².